The van der Waals surface area contributed by atoms with Crippen LogP contribution in [0.2, 0.25) is 0 Å². The lowest BCUT2D eigenvalue weighted by molar-refractivity contribution is 0.0520. The lowest BCUT2D eigenvalue weighted by atomic mass is 10.1. The number of carbonyl (C=O) groups is 2. The van der Waals surface area contributed by atoms with Crippen LogP contribution in [-0.4, -0.2) is 56.2 Å². The van der Waals surface area contributed by atoms with Gasteiger partial charge in [0.05, 0.1) is 0 Å². The molecule has 1 aromatic rings. The number of nitrogens with zero attached hydrogens (tertiary/aromatic N) is 2. The number of amides is 2. The number of benzene rings is 1. The molecule has 0 aromatic heterocycles. The van der Waals surface area contributed by atoms with Crippen molar-refractivity contribution in [3.05, 3.63) is 29.8 Å². The summed E-state index contributed by atoms with van der Waals surface area (Å²) in [5.41, 5.74) is 1.27. The van der Waals surface area contributed by atoms with Crippen molar-refractivity contribution in [3.8, 4) is 0 Å². The second-order valence-electron chi connectivity index (χ2n) is 7.73. The number of anilines is 1. The van der Waals surface area contributed by atoms with Crippen molar-refractivity contribution >= 4 is 17.7 Å². The Morgan fingerprint density at radius 2 is 1.88 bits per heavy atom. The van der Waals surface area contributed by atoms with Crippen LogP contribution < -0.4 is 10.2 Å². The molecule has 0 bridgehead atoms. The average molecular weight is 347 g/mol. The van der Waals surface area contributed by atoms with E-state index in [9.17, 15) is 9.59 Å². The second kappa shape index (κ2) is 7.76. The van der Waals surface area contributed by atoms with E-state index < -0.39 is 11.7 Å². The van der Waals surface area contributed by atoms with Gasteiger partial charge in [-0.2, -0.15) is 0 Å². The number of likely N-dealkylation sites (tertiary alicyclic amines) is 1. The van der Waals surface area contributed by atoms with Crippen LogP contribution in [0.4, 0.5) is 10.5 Å². The number of hydrogen-bond acceptors (Lipinski definition) is 4. The van der Waals surface area contributed by atoms with E-state index in [-0.39, 0.29) is 11.8 Å². The molecule has 1 aliphatic rings. The maximum atomic E-state index is 12.6. The highest BCUT2D eigenvalue weighted by Gasteiger charge is 2.27. The molecule has 0 aliphatic carbocycles. The Morgan fingerprint density at radius 3 is 2.44 bits per heavy atom. The van der Waals surface area contributed by atoms with Gasteiger partial charge in [-0.05, 0) is 57.4 Å². The van der Waals surface area contributed by atoms with Crippen molar-refractivity contribution < 1.29 is 14.3 Å². The number of nitrogens with one attached hydrogen (secondary N) is 1. The van der Waals surface area contributed by atoms with Gasteiger partial charge in [0.15, 0.2) is 0 Å². The normalized spacial score (nSPS) is 17.3. The van der Waals surface area contributed by atoms with Crippen LogP contribution in [0, 0.1) is 5.92 Å². The smallest absolute Gasteiger partial charge is 0.407 e. The van der Waals surface area contributed by atoms with Gasteiger partial charge in [0.1, 0.15) is 5.60 Å². The Balaban J connectivity index is 1.83. The van der Waals surface area contributed by atoms with Gasteiger partial charge in [-0.1, -0.05) is 0 Å². The van der Waals surface area contributed by atoms with Gasteiger partial charge in [0.25, 0.3) is 5.91 Å². The van der Waals surface area contributed by atoms with Gasteiger partial charge in [0, 0.05) is 45.0 Å². The number of alkyl carbamates (subject to hydrolysis) is 1. The fraction of sp³-hybridized carbons (Fsp3) is 0.579. The first-order valence-corrected chi connectivity index (χ1v) is 8.69. The molecule has 1 fully saturated rings. The molecule has 1 heterocycles. The molecule has 6 heteroatoms. The van der Waals surface area contributed by atoms with Crippen molar-refractivity contribution in [3.63, 3.8) is 0 Å². The van der Waals surface area contributed by atoms with Gasteiger partial charge in [-0.25, -0.2) is 4.79 Å². The highest BCUT2D eigenvalue weighted by Crippen LogP contribution is 2.20. The summed E-state index contributed by atoms with van der Waals surface area (Å²) in [5, 5.41) is 2.80. The summed E-state index contributed by atoms with van der Waals surface area (Å²) in [6.07, 6.45) is 0.480. The van der Waals surface area contributed by atoms with Crippen LogP contribution in [0.3, 0.4) is 0 Å². The Labute approximate surface area is 150 Å². The van der Waals surface area contributed by atoms with E-state index in [1.54, 1.807) is 0 Å². The Morgan fingerprint density at radius 1 is 1.24 bits per heavy atom. The predicted octanol–water partition coefficient (Wildman–Crippen LogP) is 2.74. The molecule has 1 aromatic carbocycles. The van der Waals surface area contributed by atoms with E-state index in [1.165, 1.54) is 0 Å². The quantitative estimate of drug-likeness (QED) is 0.910. The van der Waals surface area contributed by atoms with Gasteiger partial charge < -0.3 is 19.9 Å². The Hall–Kier alpha value is -2.24. The van der Waals surface area contributed by atoms with Crippen LogP contribution in [-0.2, 0) is 4.74 Å². The average Bonchev–Trinajstić information content (AvgIpc) is 2.99. The third kappa shape index (κ3) is 5.66. The summed E-state index contributed by atoms with van der Waals surface area (Å²) in [7, 11) is 3.94. The third-order valence-corrected chi connectivity index (χ3v) is 4.14. The van der Waals surface area contributed by atoms with E-state index >= 15 is 0 Å². The predicted molar refractivity (Wildman–Crippen MR) is 99.0 cm³/mol. The first-order chi connectivity index (χ1) is 11.7. The summed E-state index contributed by atoms with van der Waals surface area (Å²) in [6.45, 7) is 7.41. The third-order valence-electron chi connectivity index (χ3n) is 4.14. The monoisotopic (exact) mass is 347 g/mol. The summed E-state index contributed by atoms with van der Waals surface area (Å²) in [6, 6.07) is 7.63. The summed E-state index contributed by atoms with van der Waals surface area (Å²) >= 11 is 0. The standard InChI is InChI=1S/C19H29N3O3/c1-19(2,3)25-18(24)20-12-14-10-11-22(13-14)17(23)15-6-8-16(9-7-15)21(4)5/h6-9,14H,10-13H2,1-5H3,(H,20,24). The fourth-order valence-electron chi connectivity index (χ4n) is 2.81. The van der Waals surface area contributed by atoms with Crippen LogP contribution in [0.5, 0.6) is 0 Å². The van der Waals surface area contributed by atoms with Gasteiger partial charge in [0.2, 0.25) is 0 Å². The van der Waals surface area contributed by atoms with E-state index in [4.69, 9.17) is 4.74 Å². The second-order valence-corrected chi connectivity index (χ2v) is 7.73. The van der Waals surface area contributed by atoms with E-state index in [0.717, 1.165) is 18.7 Å². The minimum atomic E-state index is -0.500. The first-order valence-electron chi connectivity index (χ1n) is 8.69. The minimum Gasteiger partial charge on any atom is -0.444 e. The number of hydrogen-bond donors (Lipinski definition) is 1. The van der Waals surface area contributed by atoms with Crippen molar-refractivity contribution in [2.45, 2.75) is 32.8 Å². The van der Waals surface area contributed by atoms with Gasteiger partial charge in [-0.15, -0.1) is 0 Å². The maximum absolute atomic E-state index is 12.6. The van der Waals surface area contributed by atoms with Crippen LogP contribution in [0.1, 0.15) is 37.6 Å². The SMILES string of the molecule is CN(C)c1ccc(C(=O)N2CCC(CNC(=O)OC(C)(C)C)C2)cc1. The zero-order chi connectivity index (χ0) is 18.6. The molecule has 25 heavy (non-hydrogen) atoms. The molecule has 0 radical (unpaired) electrons. The molecule has 1 atom stereocenters. The molecule has 138 valence electrons. The lowest BCUT2D eigenvalue weighted by Gasteiger charge is -2.21. The van der Waals surface area contributed by atoms with Crippen molar-refractivity contribution in [1.29, 1.82) is 0 Å². The largest absolute Gasteiger partial charge is 0.444 e. The Bertz CT molecular complexity index is 605. The molecule has 6 nitrogen and oxygen atoms in total. The molecule has 2 amide bonds. The summed E-state index contributed by atoms with van der Waals surface area (Å²) in [4.78, 5) is 28.2. The van der Waals surface area contributed by atoms with E-state index in [1.807, 2.05) is 68.9 Å². The maximum Gasteiger partial charge on any atom is 0.407 e. The molecular formula is C19H29N3O3. The van der Waals surface area contributed by atoms with Crippen LogP contribution >= 0.6 is 0 Å². The van der Waals surface area contributed by atoms with Crippen molar-refractivity contribution in [1.82, 2.24) is 10.2 Å². The van der Waals surface area contributed by atoms with E-state index in [0.29, 0.717) is 18.7 Å². The Kier molecular flexibility index (Phi) is 5.93. The zero-order valence-corrected chi connectivity index (χ0v) is 15.8. The summed E-state index contributed by atoms with van der Waals surface area (Å²) in [5.74, 6) is 0.308. The molecule has 1 saturated heterocycles. The van der Waals surface area contributed by atoms with Crippen molar-refractivity contribution in [2.24, 2.45) is 5.92 Å². The van der Waals surface area contributed by atoms with Crippen molar-refractivity contribution in [2.75, 3.05) is 38.6 Å². The zero-order valence-electron chi connectivity index (χ0n) is 15.8. The highest BCUT2D eigenvalue weighted by molar-refractivity contribution is 5.94. The number of rotatable bonds is 4. The molecule has 0 saturated carbocycles. The lowest BCUT2D eigenvalue weighted by Crippen LogP contribution is -2.36. The molecule has 1 aliphatic heterocycles. The van der Waals surface area contributed by atoms with Gasteiger partial charge in [-0.3, -0.25) is 4.79 Å². The molecule has 2 rings (SSSR count). The minimum absolute atomic E-state index is 0.0464. The molecule has 1 unspecified atom stereocenters. The van der Waals surface area contributed by atoms with Crippen LogP contribution in [0.25, 0.3) is 0 Å². The molecular weight excluding hydrogens is 318 g/mol. The highest BCUT2D eigenvalue weighted by atomic mass is 16.6. The van der Waals surface area contributed by atoms with Gasteiger partial charge >= 0.3 is 6.09 Å². The fourth-order valence-corrected chi connectivity index (χ4v) is 2.81. The summed E-state index contributed by atoms with van der Waals surface area (Å²) < 4.78 is 5.24. The molecule has 1 N–H and O–H groups in total. The number of carbonyl (C=O) groups excluding carboxylic acids is 2. The van der Waals surface area contributed by atoms with Crippen LogP contribution in [0.15, 0.2) is 24.3 Å². The van der Waals surface area contributed by atoms with E-state index in [2.05, 4.69) is 5.32 Å². The number of ether oxygens (including phenoxy) is 1. The molecule has 0 spiro atoms. The first kappa shape index (κ1) is 19.1. The topological polar surface area (TPSA) is 61.9 Å².